The molecule has 2 fully saturated rings. The number of likely N-dealkylation sites (tertiary alicyclic amines) is 1. The molecule has 2 aromatic carbocycles. The van der Waals surface area contributed by atoms with E-state index in [0.717, 1.165) is 47.5 Å². The molecule has 4 rings (SSSR count). The highest BCUT2D eigenvalue weighted by molar-refractivity contribution is 9.10. The minimum Gasteiger partial charge on any atom is -0.491 e. The van der Waals surface area contributed by atoms with Crippen LogP contribution < -0.4 is 20.1 Å². The Hall–Kier alpha value is -1.88. The Morgan fingerprint density at radius 2 is 1.92 bits per heavy atom. The van der Waals surface area contributed by atoms with Gasteiger partial charge >= 0.3 is 5.97 Å². The van der Waals surface area contributed by atoms with Crippen LogP contribution >= 0.6 is 27.5 Å². The Bertz CT molecular complexity index is 1080. The van der Waals surface area contributed by atoms with Crippen molar-refractivity contribution in [3.8, 4) is 11.5 Å². The van der Waals surface area contributed by atoms with Crippen LogP contribution in [-0.4, -0.2) is 81.2 Å². The van der Waals surface area contributed by atoms with E-state index in [1.165, 1.54) is 0 Å². The number of nitrogens with one attached hydrogen (secondary N) is 2. The lowest BCUT2D eigenvalue weighted by Crippen LogP contribution is -2.48. The molecule has 2 unspecified atom stereocenters. The molecule has 2 aromatic rings. The van der Waals surface area contributed by atoms with E-state index in [1.54, 1.807) is 0 Å². The Balaban J connectivity index is 1.33. The average molecular weight is 598 g/mol. The van der Waals surface area contributed by atoms with Gasteiger partial charge in [-0.3, -0.25) is 0 Å². The monoisotopic (exact) mass is 596 g/mol. The zero-order valence-electron chi connectivity index (χ0n) is 21.3. The van der Waals surface area contributed by atoms with Crippen LogP contribution in [0.2, 0.25) is 5.02 Å². The summed E-state index contributed by atoms with van der Waals surface area (Å²) >= 11 is 9.61. The normalized spacial score (nSPS) is 21.0. The highest BCUT2D eigenvalue weighted by Gasteiger charge is 2.45. The molecule has 8 nitrogen and oxygen atoms in total. The van der Waals surface area contributed by atoms with Gasteiger partial charge in [0.15, 0.2) is 6.04 Å². The number of hydrogen-bond acceptors (Lipinski definition) is 6. The number of halogens is 2. The van der Waals surface area contributed by atoms with E-state index >= 15 is 0 Å². The first kappa shape index (κ1) is 28.1. The smallest absolute Gasteiger partial charge is 0.362 e. The summed E-state index contributed by atoms with van der Waals surface area (Å²) in [5.41, 5.74) is 2.08. The summed E-state index contributed by atoms with van der Waals surface area (Å²) in [5.74, 6) is 1.34. The van der Waals surface area contributed by atoms with E-state index in [-0.39, 0.29) is 6.10 Å². The predicted octanol–water partition coefficient (Wildman–Crippen LogP) is 3.69. The number of carbonyl (C=O) groups is 1. The molecular weight excluding hydrogens is 562 g/mol. The van der Waals surface area contributed by atoms with Gasteiger partial charge in [0.2, 0.25) is 0 Å². The van der Waals surface area contributed by atoms with Gasteiger partial charge in [-0.1, -0.05) is 33.6 Å². The molecule has 0 aromatic heterocycles. The molecule has 0 saturated carbocycles. The second kappa shape index (κ2) is 12.8. The molecule has 0 aliphatic carbocycles. The molecule has 0 spiro atoms. The van der Waals surface area contributed by atoms with Gasteiger partial charge in [-0.15, -0.1) is 0 Å². The molecule has 202 valence electrons. The van der Waals surface area contributed by atoms with Gasteiger partial charge in [0.05, 0.1) is 20.7 Å². The fraction of sp³-hybridized carbons (Fsp3) is 0.519. The van der Waals surface area contributed by atoms with Crippen LogP contribution in [0.1, 0.15) is 17.5 Å². The number of quaternary nitrogens is 1. The molecular formula is C27H36BrClN3O5+. The molecule has 0 bridgehead atoms. The lowest BCUT2D eigenvalue weighted by Gasteiger charge is -2.28. The van der Waals surface area contributed by atoms with Gasteiger partial charge < -0.3 is 34.4 Å². The highest BCUT2D eigenvalue weighted by Crippen LogP contribution is 2.28. The van der Waals surface area contributed by atoms with Gasteiger partial charge in [-0.2, -0.15) is 0 Å². The third-order valence-corrected chi connectivity index (χ3v) is 7.95. The summed E-state index contributed by atoms with van der Waals surface area (Å²) < 4.78 is 19.5. The van der Waals surface area contributed by atoms with Crippen LogP contribution in [0.25, 0.3) is 0 Å². The second-order valence-electron chi connectivity index (χ2n) is 10.4. The molecule has 37 heavy (non-hydrogen) atoms. The van der Waals surface area contributed by atoms with Gasteiger partial charge in [-0.05, 0) is 35.7 Å². The van der Waals surface area contributed by atoms with Crippen molar-refractivity contribution < 1.29 is 28.6 Å². The van der Waals surface area contributed by atoms with Gasteiger partial charge in [0.25, 0.3) is 0 Å². The molecule has 0 radical (unpaired) electrons. The quantitative estimate of drug-likeness (QED) is 0.240. The Kier molecular flexibility index (Phi) is 9.72. The maximum absolute atomic E-state index is 11.5. The van der Waals surface area contributed by atoms with Crippen LogP contribution in [0.5, 0.6) is 11.5 Å². The SMILES string of the molecule is C[N+]1(C)CC(OCCOc2cc(CNCC3CNC3)cc(OCc3ccc(Cl)cc3Br)c2)CC1C(=O)O. The molecule has 2 heterocycles. The van der Waals surface area contributed by atoms with Crippen LogP contribution in [0.4, 0.5) is 0 Å². The largest absolute Gasteiger partial charge is 0.491 e. The van der Waals surface area contributed by atoms with E-state index in [9.17, 15) is 9.90 Å². The Morgan fingerprint density at radius 3 is 2.57 bits per heavy atom. The van der Waals surface area contributed by atoms with Crippen molar-refractivity contribution in [1.82, 2.24) is 10.6 Å². The van der Waals surface area contributed by atoms with E-state index in [0.29, 0.717) is 54.0 Å². The van der Waals surface area contributed by atoms with Crippen LogP contribution in [-0.2, 0) is 22.7 Å². The van der Waals surface area contributed by atoms with Crippen LogP contribution in [0.15, 0.2) is 40.9 Å². The standard InChI is InChI=1S/C27H35BrClN3O5/c1-32(2)16-24(11-26(32)27(33)34)36-6-5-35-22-7-18(12-30-13-19-14-31-15-19)8-23(10-22)37-17-20-3-4-21(29)9-25(20)28/h3-4,7-10,19,24,26,30-31H,5-6,11-17H2,1-2H3/p+1. The first-order valence-electron chi connectivity index (χ1n) is 12.6. The van der Waals surface area contributed by atoms with Crippen molar-refractivity contribution in [3.05, 3.63) is 57.0 Å². The second-order valence-corrected chi connectivity index (χ2v) is 11.7. The van der Waals surface area contributed by atoms with Crippen molar-refractivity contribution in [3.63, 3.8) is 0 Å². The number of benzene rings is 2. The van der Waals surface area contributed by atoms with Gasteiger partial charge in [0, 0.05) is 53.7 Å². The first-order valence-corrected chi connectivity index (χ1v) is 13.8. The van der Waals surface area contributed by atoms with E-state index in [2.05, 4.69) is 26.6 Å². The van der Waals surface area contributed by atoms with E-state index < -0.39 is 12.0 Å². The number of ether oxygens (including phenoxy) is 3. The van der Waals surface area contributed by atoms with Crippen molar-refractivity contribution in [2.75, 3.05) is 53.5 Å². The minimum absolute atomic E-state index is 0.0899. The Morgan fingerprint density at radius 1 is 1.16 bits per heavy atom. The predicted molar refractivity (Wildman–Crippen MR) is 146 cm³/mol. The summed E-state index contributed by atoms with van der Waals surface area (Å²) in [6, 6.07) is 11.1. The molecule has 2 saturated heterocycles. The lowest BCUT2D eigenvalue weighted by molar-refractivity contribution is -0.895. The van der Waals surface area contributed by atoms with Crippen molar-refractivity contribution in [2.45, 2.75) is 31.7 Å². The third-order valence-electron chi connectivity index (χ3n) is 6.97. The summed E-state index contributed by atoms with van der Waals surface area (Å²) in [7, 11) is 3.87. The fourth-order valence-electron chi connectivity index (χ4n) is 4.77. The number of carboxylic acids is 1. The summed E-state index contributed by atoms with van der Waals surface area (Å²) in [6.07, 6.45) is 0.422. The summed E-state index contributed by atoms with van der Waals surface area (Å²) in [4.78, 5) is 11.5. The zero-order chi connectivity index (χ0) is 26.4. The average Bonchev–Trinajstić information content (AvgIpc) is 3.12. The molecule has 2 atom stereocenters. The molecule has 0 amide bonds. The van der Waals surface area contributed by atoms with Crippen molar-refractivity contribution in [2.24, 2.45) is 5.92 Å². The number of likely N-dealkylation sites (N-methyl/N-ethyl adjacent to an activating group) is 1. The Labute approximate surface area is 231 Å². The van der Waals surface area contributed by atoms with Crippen molar-refractivity contribution in [1.29, 1.82) is 0 Å². The van der Waals surface area contributed by atoms with Gasteiger partial charge in [-0.25, -0.2) is 4.79 Å². The molecule has 10 heteroatoms. The van der Waals surface area contributed by atoms with E-state index in [1.807, 2.05) is 50.5 Å². The van der Waals surface area contributed by atoms with E-state index in [4.69, 9.17) is 25.8 Å². The molecule has 2 aliphatic rings. The number of nitrogens with zero attached hydrogens (tertiary/aromatic N) is 1. The number of hydrogen-bond donors (Lipinski definition) is 3. The zero-order valence-corrected chi connectivity index (χ0v) is 23.7. The topological polar surface area (TPSA) is 89.0 Å². The summed E-state index contributed by atoms with van der Waals surface area (Å²) in [5, 5.41) is 17.0. The maximum Gasteiger partial charge on any atom is 0.362 e. The van der Waals surface area contributed by atoms with Gasteiger partial charge in [0.1, 0.15) is 37.4 Å². The third kappa shape index (κ3) is 8.05. The summed E-state index contributed by atoms with van der Waals surface area (Å²) in [6.45, 7) is 5.63. The lowest BCUT2D eigenvalue weighted by atomic mass is 10.0. The van der Waals surface area contributed by atoms with Crippen LogP contribution in [0, 0.1) is 5.92 Å². The first-order chi connectivity index (χ1) is 17.7. The molecule has 2 aliphatic heterocycles. The van der Waals surface area contributed by atoms with Crippen LogP contribution in [0.3, 0.4) is 0 Å². The number of aliphatic carboxylic acids is 1. The number of rotatable bonds is 13. The number of carboxylic acid groups (broad SMARTS) is 1. The molecule has 3 N–H and O–H groups in total. The fourth-order valence-corrected chi connectivity index (χ4v) is 5.57. The maximum atomic E-state index is 11.5. The minimum atomic E-state index is -0.774. The van der Waals surface area contributed by atoms with Crippen molar-refractivity contribution >= 4 is 33.5 Å². The highest BCUT2D eigenvalue weighted by atomic mass is 79.9.